The van der Waals surface area contributed by atoms with Crippen molar-refractivity contribution in [2.24, 2.45) is 0 Å². The molecule has 0 radical (unpaired) electrons. The van der Waals surface area contributed by atoms with Crippen LogP contribution in [0.1, 0.15) is 26.3 Å². The van der Waals surface area contributed by atoms with Crippen molar-refractivity contribution in [1.82, 2.24) is 5.32 Å². The molecule has 0 bridgehead atoms. The van der Waals surface area contributed by atoms with Gasteiger partial charge in [0.05, 0.1) is 24.1 Å². The molecular formula is C32H27N3O5S. The molecule has 0 fully saturated rings. The lowest BCUT2D eigenvalue weighted by Gasteiger charge is -2.12. The summed E-state index contributed by atoms with van der Waals surface area (Å²) in [7, 11) is 1.28. The summed E-state index contributed by atoms with van der Waals surface area (Å²) in [5.74, 6) is -1.70. The van der Waals surface area contributed by atoms with E-state index >= 15 is 0 Å². The SMILES string of the molecule is COC(=O)c1ccccc1NC(=O)CSc1cccc(NC(=O)/C(=C\c2ccccc2)NC(=O)c2ccccc2)c1. The van der Waals surface area contributed by atoms with Crippen LogP contribution in [0.4, 0.5) is 11.4 Å². The van der Waals surface area contributed by atoms with Crippen molar-refractivity contribution in [2.45, 2.75) is 4.90 Å². The van der Waals surface area contributed by atoms with Gasteiger partial charge >= 0.3 is 5.97 Å². The normalized spacial score (nSPS) is 10.8. The average Bonchev–Trinajstić information content (AvgIpc) is 3.00. The number of carbonyl (C=O) groups is 4. The van der Waals surface area contributed by atoms with Crippen molar-refractivity contribution < 1.29 is 23.9 Å². The van der Waals surface area contributed by atoms with Gasteiger partial charge in [0.1, 0.15) is 5.70 Å². The molecule has 0 spiro atoms. The van der Waals surface area contributed by atoms with Crippen LogP contribution in [0.25, 0.3) is 6.08 Å². The van der Waals surface area contributed by atoms with Gasteiger partial charge in [-0.3, -0.25) is 14.4 Å². The molecule has 0 aliphatic rings. The molecule has 3 amide bonds. The fourth-order valence-corrected chi connectivity index (χ4v) is 4.49. The molecule has 0 saturated carbocycles. The molecular weight excluding hydrogens is 538 g/mol. The van der Waals surface area contributed by atoms with E-state index in [-0.39, 0.29) is 22.9 Å². The third-order valence-electron chi connectivity index (χ3n) is 5.71. The van der Waals surface area contributed by atoms with Gasteiger partial charge in [-0.15, -0.1) is 11.8 Å². The molecule has 3 N–H and O–H groups in total. The number of para-hydroxylation sites is 1. The molecule has 206 valence electrons. The van der Waals surface area contributed by atoms with E-state index in [2.05, 4.69) is 16.0 Å². The zero-order chi connectivity index (χ0) is 29.0. The number of benzene rings is 4. The highest BCUT2D eigenvalue weighted by molar-refractivity contribution is 8.00. The first kappa shape index (κ1) is 28.8. The van der Waals surface area contributed by atoms with Crippen molar-refractivity contribution in [1.29, 1.82) is 0 Å². The number of anilines is 2. The lowest BCUT2D eigenvalue weighted by molar-refractivity contribution is -0.114. The first-order chi connectivity index (χ1) is 19.9. The van der Waals surface area contributed by atoms with E-state index in [9.17, 15) is 19.2 Å². The molecule has 0 aromatic heterocycles. The second-order valence-electron chi connectivity index (χ2n) is 8.64. The Morgan fingerprint density at radius 2 is 1.46 bits per heavy atom. The first-order valence-corrected chi connectivity index (χ1v) is 13.6. The van der Waals surface area contributed by atoms with Crippen LogP contribution >= 0.6 is 11.8 Å². The molecule has 9 heteroatoms. The molecule has 8 nitrogen and oxygen atoms in total. The summed E-state index contributed by atoms with van der Waals surface area (Å²) in [6.45, 7) is 0. The van der Waals surface area contributed by atoms with Crippen molar-refractivity contribution in [3.05, 3.63) is 132 Å². The highest BCUT2D eigenvalue weighted by atomic mass is 32.2. The van der Waals surface area contributed by atoms with Gasteiger partial charge in [-0.25, -0.2) is 4.79 Å². The predicted octanol–water partition coefficient (Wildman–Crippen LogP) is 5.61. The van der Waals surface area contributed by atoms with Crippen LogP contribution in [0.2, 0.25) is 0 Å². The number of thioether (sulfide) groups is 1. The molecule has 0 atom stereocenters. The topological polar surface area (TPSA) is 114 Å². The fraction of sp³-hybridized carbons (Fsp3) is 0.0625. The smallest absolute Gasteiger partial charge is 0.339 e. The summed E-state index contributed by atoms with van der Waals surface area (Å²) in [5, 5.41) is 8.28. The Morgan fingerprint density at radius 3 is 2.20 bits per heavy atom. The van der Waals surface area contributed by atoms with Crippen LogP contribution in [0.5, 0.6) is 0 Å². The maximum Gasteiger partial charge on any atom is 0.339 e. The Bertz CT molecular complexity index is 1570. The van der Waals surface area contributed by atoms with Gasteiger partial charge in [0.25, 0.3) is 11.8 Å². The Kier molecular flexibility index (Phi) is 10.1. The quantitative estimate of drug-likeness (QED) is 0.131. The lowest BCUT2D eigenvalue weighted by atomic mass is 10.1. The minimum absolute atomic E-state index is 0.0687. The van der Waals surface area contributed by atoms with E-state index in [0.29, 0.717) is 16.9 Å². The van der Waals surface area contributed by atoms with Crippen LogP contribution in [0, 0.1) is 0 Å². The van der Waals surface area contributed by atoms with Gasteiger partial charge in [-0.2, -0.15) is 0 Å². The summed E-state index contributed by atoms with van der Waals surface area (Å²) in [5.41, 5.74) is 2.36. The number of hydrogen-bond acceptors (Lipinski definition) is 6. The van der Waals surface area contributed by atoms with E-state index in [1.807, 2.05) is 36.4 Å². The van der Waals surface area contributed by atoms with Gasteiger partial charge in [-0.05, 0) is 54.1 Å². The van der Waals surface area contributed by atoms with Gasteiger partial charge in [0.15, 0.2) is 0 Å². The van der Waals surface area contributed by atoms with E-state index in [0.717, 1.165) is 10.5 Å². The lowest BCUT2D eigenvalue weighted by Crippen LogP contribution is -2.30. The standard InChI is InChI=1S/C32H27N3O5S/c1-40-32(39)26-17-8-9-18-27(26)34-29(36)21-41-25-16-10-15-24(20-25)33-31(38)28(19-22-11-4-2-5-12-22)35-30(37)23-13-6-3-7-14-23/h2-20H,21H2,1H3,(H,33,38)(H,34,36)(H,35,37)/b28-19+. The second-order valence-corrected chi connectivity index (χ2v) is 9.69. The van der Waals surface area contributed by atoms with Crippen molar-refractivity contribution in [3.8, 4) is 0 Å². The summed E-state index contributed by atoms with van der Waals surface area (Å²) in [4.78, 5) is 51.4. The number of methoxy groups -OCH3 is 1. The van der Waals surface area contributed by atoms with Crippen molar-refractivity contribution >= 4 is 52.9 Å². The number of carbonyl (C=O) groups excluding carboxylic acids is 4. The van der Waals surface area contributed by atoms with Gasteiger partial charge in [0.2, 0.25) is 5.91 Å². The number of rotatable bonds is 10. The Hall–Kier alpha value is -5.15. The highest BCUT2D eigenvalue weighted by Crippen LogP contribution is 2.23. The van der Waals surface area contributed by atoms with E-state index in [1.54, 1.807) is 78.9 Å². The molecule has 4 aromatic carbocycles. The van der Waals surface area contributed by atoms with Crippen LogP contribution in [0.15, 0.2) is 120 Å². The van der Waals surface area contributed by atoms with E-state index in [4.69, 9.17) is 4.74 Å². The minimum atomic E-state index is -0.544. The minimum Gasteiger partial charge on any atom is -0.465 e. The number of hydrogen-bond donors (Lipinski definition) is 3. The summed E-state index contributed by atoms with van der Waals surface area (Å²) < 4.78 is 4.77. The fourth-order valence-electron chi connectivity index (χ4n) is 3.74. The second kappa shape index (κ2) is 14.3. The maximum atomic E-state index is 13.3. The Balaban J connectivity index is 1.43. The number of amides is 3. The van der Waals surface area contributed by atoms with Crippen molar-refractivity contribution in [2.75, 3.05) is 23.5 Å². The zero-order valence-corrected chi connectivity index (χ0v) is 22.9. The molecule has 4 aromatic rings. The predicted molar refractivity (Wildman–Crippen MR) is 161 cm³/mol. The molecule has 0 heterocycles. The third kappa shape index (κ3) is 8.42. The van der Waals surface area contributed by atoms with Gasteiger partial charge < -0.3 is 20.7 Å². The van der Waals surface area contributed by atoms with Crippen LogP contribution in [-0.4, -0.2) is 36.6 Å². The number of ether oxygens (including phenoxy) is 1. The van der Waals surface area contributed by atoms with E-state index in [1.165, 1.54) is 18.9 Å². The third-order valence-corrected chi connectivity index (χ3v) is 6.70. The summed E-state index contributed by atoms with van der Waals surface area (Å²) in [6, 6.07) is 31.4. The monoisotopic (exact) mass is 565 g/mol. The molecule has 0 unspecified atom stereocenters. The van der Waals surface area contributed by atoms with Gasteiger partial charge in [0, 0.05) is 16.1 Å². The van der Waals surface area contributed by atoms with Crippen LogP contribution in [0.3, 0.4) is 0 Å². The molecule has 0 aliphatic carbocycles. The summed E-state index contributed by atoms with van der Waals surface area (Å²) in [6.07, 6.45) is 1.60. The molecule has 41 heavy (non-hydrogen) atoms. The first-order valence-electron chi connectivity index (χ1n) is 12.6. The Morgan fingerprint density at radius 1 is 0.780 bits per heavy atom. The van der Waals surface area contributed by atoms with Crippen LogP contribution in [-0.2, 0) is 14.3 Å². The zero-order valence-electron chi connectivity index (χ0n) is 22.1. The Labute approximate surface area is 241 Å². The number of esters is 1. The van der Waals surface area contributed by atoms with E-state index < -0.39 is 17.8 Å². The molecule has 0 aliphatic heterocycles. The average molecular weight is 566 g/mol. The number of nitrogens with one attached hydrogen (secondary N) is 3. The summed E-state index contributed by atoms with van der Waals surface area (Å²) >= 11 is 1.26. The largest absolute Gasteiger partial charge is 0.465 e. The van der Waals surface area contributed by atoms with Crippen LogP contribution < -0.4 is 16.0 Å². The van der Waals surface area contributed by atoms with Gasteiger partial charge in [-0.1, -0.05) is 66.7 Å². The van der Waals surface area contributed by atoms with Crippen molar-refractivity contribution in [3.63, 3.8) is 0 Å². The maximum absolute atomic E-state index is 13.3. The highest BCUT2D eigenvalue weighted by Gasteiger charge is 2.16. The molecule has 0 saturated heterocycles. The molecule has 4 rings (SSSR count).